The lowest BCUT2D eigenvalue weighted by molar-refractivity contribution is -0.133. The van der Waals surface area contributed by atoms with Crippen molar-refractivity contribution in [2.75, 3.05) is 7.05 Å². The topological polar surface area (TPSA) is 101 Å². The minimum Gasteiger partial charge on any atom is -0.359 e. The molecular formula is C9H17N3O3. The number of carbonyl (C=O) groups excluding carboxylic acids is 3. The zero-order valence-corrected chi connectivity index (χ0v) is 9.16. The molecule has 0 radical (unpaired) electrons. The van der Waals surface area contributed by atoms with Crippen molar-refractivity contribution >= 4 is 17.7 Å². The van der Waals surface area contributed by atoms with E-state index in [0.717, 1.165) is 0 Å². The molecule has 0 heterocycles. The van der Waals surface area contributed by atoms with E-state index in [4.69, 9.17) is 5.73 Å². The van der Waals surface area contributed by atoms with Crippen LogP contribution in [0.15, 0.2) is 0 Å². The summed E-state index contributed by atoms with van der Waals surface area (Å²) in [4.78, 5) is 33.2. The van der Waals surface area contributed by atoms with Crippen LogP contribution in [0.3, 0.4) is 0 Å². The Labute approximate surface area is 88.6 Å². The molecule has 0 unspecified atom stereocenters. The van der Waals surface area contributed by atoms with Crippen molar-refractivity contribution in [3.63, 3.8) is 0 Å². The van der Waals surface area contributed by atoms with Crippen LogP contribution in [0.4, 0.5) is 0 Å². The lowest BCUT2D eigenvalue weighted by atomic mass is 10.1. The van der Waals surface area contributed by atoms with Gasteiger partial charge in [0.2, 0.25) is 17.7 Å². The van der Waals surface area contributed by atoms with Crippen LogP contribution in [0.1, 0.15) is 20.3 Å². The van der Waals surface area contributed by atoms with E-state index >= 15 is 0 Å². The molecule has 0 saturated carbocycles. The summed E-state index contributed by atoms with van der Waals surface area (Å²) in [6, 6.07) is -0.737. The van der Waals surface area contributed by atoms with Gasteiger partial charge in [-0.2, -0.15) is 0 Å². The van der Waals surface area contributed by atoms with E-state index < -0.39 is 23.8 Å². The average molecular weight is 215 g/mol. The summed E-state index contributed by atoms with van der Waals surface area (Å²) in [5, 5.41) is 4.34. The van der Waals surface area contributed by atoms with Gasteiger partial charge < -0.3 is 11.1 Å². The van der Waals surface area contributed by atoms with Gasteiger partial charge in [0.15, 0.2) is 0 Å². The predicted molar refractivity (Wildman–Crippen MR) is 54.6 cm³/mol. The molecule has 4 N–H and O–H groups in total. The molecule has 0 aliphatic rings. The van der Waals surface area contributed by atoms with Crippen LogP contribution in [0, 0.1) is 5.92 Å². The molecule has 3 amide bonds. The van der Waals surface area contributed by atoms with E-state index in [1.807, 2.05) is 0 Å². The molecular weight excluding hydrogens is 198 g/mol. The highest BCUT2D eigenvalue weighted by Gasteiger charge is 2.20. The molecule has 1 atom stereocenters. The van der Waals surface area contributed by atoms with Crippen LogP contribution in [-0.2, 0) is 14.4 Å². The summed E-state index contributed by atoms with van der Waals surface area (Å²) in [5.74, 6) is -1.70. The molecule has 0 aliphatic heterocycles. The van der Waals surface area contributed by atoms with Crippen LogP contribution >= 0.6 is 0 Å². The maximum absolute atomic E-state index is 11.3. The third-order valence-electron chi connectivity index (χ3n) is 1.88. The smallest absolute Gasteiger partial charge is 0.243 e. The second-order valence-corrected chi connectivity index (χ2v) is 3.53. The van der Waals surface area contributed by atoms with Crippen molar-refractivity contribution in [3.05, 3.63) is 0 Å². The van der Waals surface area contributed by atoms with Crippen LogP contribution in [0.2, 0.25) is 0 Å². The maximum Gasteiger partial charge on any atom is 0.243 e. The van der Waals surface area contributed by atoms with Gasteiger partial charge in [0, 0.05) is 7.05 Å². The summed E-state index contributed by atoms with van der Waals surface area (Å²) in [7, 11) is 1.41. The molecule has 0 rings (SSSR count). The molecule has 0 aromatic heterocycles. The van der Waals surface area contributed by atoms with Crippen molar-refractivity contribution in [1.82, 2.24) is 10.6 Å². The number of amides is 3. The first-order valence-electron chi connectivity index (χ1n) is 4.68. The van der Waals surface area contributed by atoms with E-state index in [9.17, 15) is 14.4 Å². The zero-order chi connectivity index (χ0) is 12.0. The van der Waals surface area contributed by atoms with Gasteiger partial charge in [-0.3, -0.25) is 19.7 Å². The minimum atomic E-state index is -0.737. The molecule has 6 nitrogen and oxygen atoms in total. The van der Waals surface area contributed by atoms with Crippen molar-refractivity contribution < 1.29 is 14.4 Å². The Morgan fingerprint density at radius 1 is 1.20 bits per heavy atom. The lowest BCUT2D eigenvalue weighted by Gasteiger charge is -2.14. The Balaban J connectivity index is 4.08. The van der Waals surface area contributed by atoms with Gasteiger partial charge in [-0.1, -0.05) is 13.8 Å². The molecule has 0 spiro atoms. The monoisotopic (exact) mass is 215 g/mol. The van der Waals surface area contributed by atoms with Gasteiger partial charge in [0.25, 0.3) is 0 Å². The summed E-state index contributed by atoms with van der Waals surface area (Å²) >= 11 is 0. The Kier molecular flexibility index (Phi) is 5.54. The molecule has 0 fully saturated rings. The predicted octanol–water partition coefficient (Wildman–Crippen LogP) is -1.25. The fraction of sp³-hybridized carbons (Fsp3) is 0.667. The summed E-state index contributed by atoms with van der Waals surface area (Å²) in [6.07, 6.45) is -0.368. The average Bonchev–Trinajstić information content (AvgIpc) is 2.15. The lowest BCUT2D eigenvalue weighted by Crippen LogP contribution is -2.47. The fourth-order valence-corrected chi connectivity index (χ4v) is 0.802. The van der Waals surface area contributed by atoms with E-state index in [-0.39, 0.29) is 12.3 Å². The minimum absolute atomic E-state index is 0.0576. The fourth-order valence-electron chi connectivity index (χ4n) is 0.802. The number of nitrogens with two attached hydrogens (primary N) is 1. The highest BCUT2D eigenvalue weighted by Crippen LogP contribution is 1.97. The van der Waals surface area contributed by atoms with Gasteiger partial charge >= 0.3 is 0 Å². The Morgan fingerprint density at radius 3 is 2.13 bits per heavy atom. The molecule has 0 aromatic carbocycles. The summed E-state index contributed by atoms with van der Waals surface area (Å²) < 4.78 is 0. The van der Waals surface area contributed by atoms with E-state index in [0.29, 0.717) is 0 Å². The molecule has 0 bridgehead atoms. The molecule has 6 heteroatoms. The third kappa shape index (κ3) is 5.11. The largest absolute Gasteiger partial charge is 0.359 e. The Hall–Kier alpha value is -1.43. The first kappa shape index (κ1) is 13.6. The van der Waals surface area contributed by atoms with Crippen molar-refractivity contribution in [2.24, 2.45) is 11.7 Å². The van der Waals surface area contributed by atoms with E-state index in [1.165, 1.54) is 7.05 Å². The number of rotatable bonds is 4. The van der Waals surface area contributed by atoms with Crippen LogP contribution in [0.25, 0.3) is 0 Å². The number of hydrogen-bond acceptors (Lipinski definition) is 4. The second-order valence-electron chi connectivity index (χ2n) is 3.53. The molecule has 0 aromatic rings. The molecule has 86 valence electrons. The van der Waals surface area contributed by atoms with Crippen LogP contribution in [0.5, 0.6) is 0 Å². The van der Waals surface area contributed by atoms with Gasteiger partial charge in [-0.15, -0.1) is 0 Å². The summed E-state index contributed by atoms with van der Waals surface area (Å²) in [6.45, 7) is 3.54. The van der Waals surface area contributed by atoms with E-state index in [1.54, 1.807) is 13.8 Å². The van der Waals surface area contributed by atoms with Crippen LogP contribution < -0.4 is 16.4 Å². The van der Waals surface area contributed by atoms with Crippen molar-refractivity contribution in [2.45, 2.75) is 26.3 Å². The normalized spacial score (nSPS) is 12.1. The SMILES string of the molecule is CNC(=O)CC(=O)NC(=O)[C@@H](N)C(C)C. The highest BCUT2D eigenvalue weighted by molar-refractivity contribution is 6.05. The van der Waals surface area contributed by atoms with Crippen molar-refractivity contribution in [3.8, 4) is 0 Å². The summed E-state index contributed by atoms with van der Waals surface area (Å²) in [5.41, 5.74) is 5.51. The van der Waals surface area contributed by atoms with Gasteiger partial charge in [-0.05, 0) is 5.92 Å². The molecule has 0 saturated heterocycles. The first-order chi connectivity index (χ1) is 6.88. The van der Waals surface area contributed by atoms with Gasteiger partial charge in [0.05, 0.1) is 6.04 Å². The standard InChI is InChI=1S/C9H17N3O3/c1-5(2)8(10)9(15)12-7(14)4-6(13)11-3/h5,8H,4,10H2,1-3H3,(H,11,13)(H,12,14,15)/t8-/m0/s1. The number of hydrogen-bond donors (Lipinski definition) is 3. The number of nitrogens with one attached hydrogen (secondary N) is 2. The van der Waals surface area contributed by atoms with Gasteiger partial charge in [-0.25, -0.2) is 0 Å². The number of carbonyl (C=O) groups is 3. The van der Waals surface area contributed by atoms with Crippen LogP contribution in [-0.4, -0.2) is 30.8 Å². The van der Waals surface area contributed by atoms with Gasteiger partial charge in [0.1, 0.15) is 6.42 Å². The quantitative estimate of drug-likeness (QED) is 0.510. The molecule has 15 heavy (non-hydrogen) atoms. The maximum atomic E-state index is 11.3. The zero-order valence-electron chi connectivity index (χ0n) is 9.16. The molecule has 0 aliphatic carbocycles. The first-order valence-corrected chi connectivity index (χ1v) is 4.68. The van der Waals surface area contributed by atoms with Crippen molar-refractivity contribution in [1.29, 1.82) is 0 Å². The number of imide groups is 1. The Bertz CT molecular complexity index is 263. The Morgan fingerprint density at radius 2 is 1.73 bits per heavy atom. The highest BCUT2D eigenvalue weighted by atomic mass is 16.2. The second kappa shape index (κ2) is 6.13. The van der Waals surface area contributed by atoms with E-state index in [2.05, 4.69) is 10.6 Å². The third-order valence-corrected chi connectivity index (χ3v) is 1.88.